The van der Waals surface area contributed by atoms with Crippen LogP contribution in [0, 0.1) is 0 Å². The van der Waals surface area contributed by atoms with Gasteiger partial charge in [-0.05, 0) is 23.4 Å². The maximum absolute atomic E-state index is 13.2. The summed E-state index contributed by atoms with van der Waals surface area (Å²) in [6, 6.07) is 21.1. The Morgan fingerprint density at radius 1 is 0.903 bits per heavy atom. The molecule has 8 heteroatoms. The van der Waals surface area contributed by atoms with Crippen LogP contribution >= 0.6 is 11.3 Å². The minimum atomic E-state index is -0.383. The van der Waals surface area contributed by atoms with Gasteiger partial charge >= 0.3 is 5.69 Å². The first-order valence-corrected chi connectivity index (χ1v) is 10.7. The highest BCUT2D eigenvalue weighted by Crippen LogP contribution is 2.18. The van der Waals surface area contributed by atoms with E-state index in [1.54, 1.807) is 6.07 Å². The summed E-state index contributed by atoms with van der Waals surface area (Å²) in [5.74, 6) is 0.768. The lowest BCUT2D eigenvalue weighted by atomic mass is 10.1. The van der Waals surface area contributed by atoms with E-state index in [4.69, 9.17) is 4.52 Å². The Bertz CT molecular complexity index is 1450. The highest BCUT2D eigenvalue weighted by molar-refractivity contribution is 7.17. The van der Waals surface area contributed by atoms with E-state index in [1.165, 1.54) is 20.5 Å². The van der Waals surface area contributed by atoms with Crippen LogP contribution in [0.1, 0.15) is 11.5 Å². The molecule has 0 saturated carbocycles. The van der Waals surface area contributed by atoms with E-state index >= 15 is 0 Å². The summed E-state index contributed by atoms with van der Waals surface area (Å²) in [5.41, 5.74) is 1.83. The number of rotatable bonds is 6. The molecule has 0 atom stereocenters. The molecule has 0 spiro atoms. The first-order valence-electron chi connectivity index (χ1n) is 9.83. The van der Waals surface area contributed by atoms with E-state index in [0.29, 0.717) is 34.9 Å². The maximum atomic E-state index is 13.2. The molecule has 0 amide bonds. The van der Waals surface area contributed by atoms with Gasteiger partial charge in [0.05, 0.1) is 5.52 Å². The summed E-state index contributed by atoms with van der Waals surface area (Å²) in [4.78, 5) is 30.6. The van der Waals surface area contributed by atoms with Crippen molar-refractivity contribution >= 4 is 21.6 Å². The Morgan fingerprint density at radius 3 is 2.42 bits per heavy atom. The Balaban J connectivity index is 1.51. The van der Waals surface area contributed by atoms with Crippen molar-refractivity contribution in [2.75, 3.05) is 0 Å². The second kappa shape index (κ2) is 8.16. The highest BCUT2D eigenvalue weighted by Gasteiger charge is 2.17. The molecule has 3 aromatic heterocycles. The zero-order chi connectivity index (χ0) is 21.2. The molecular weight excluding hydrogens is 412 g/mol. The Hall–Kier alpha value is -3.78. The molecule has 7 nitrogen and oxygen atoms in total. The molecule has 0 aliphatic carbocycles. The molecule has 0 fully saturated rings. The number of aryl methyl sites for hydroxylation is 1. The van der Waals surface area contributed by atoms with Crippen LogP contribution in [0.2, 0.25) is 0 Å². The fraction of sp³-hybridized carbons (Fsp3) is 0.130. The number of hydrogen-bond donors (Lipinski definition) is 0. The molecule has 154 valence electrons. The predicted molar refractivity (Wildman–Crippen MR) is 119 cm³/mol. The standard InChI is InChI=1S/C23H18N4O3S/c28-22-20-18(12-14-31-20)27(23(29)26(22)13-11-16-7-3-1-4-8-16)15-19-24-21(25-30-19)17-9-5-2-6-10-17/h1-10,12,14H,11,13,15H2. The van der Waals surface area contributed by atoms with Gasteiger partial charge in [0.2, 0.25) is 11.7 Å². The van der Waals surface area contributed by atoms with Gasteiger partial charge in [-0.25, -0.2) is 4.79 Å². The summed E-state index contributed by atoms with van der Waals surface area (Å²) in [6.45, 7) is 0.395. The van der Waals surface area contributed by atoms with Crippen molar-refractivity contribution in [3.05, 3.63) is 104 Å². The molecule has 5 aromatic rings. The third-order valence-electron chi connectivity index (χ3n) is 5.10. The molecule has 0 saturated heterocycles. The quantitative estimate of drug-likeness (QED) is 0.411. The highest BCUT2D eigenvalue weighted by atomic mass is 32.1. The first kappa shape index (κ1) is 19.2. The van der Waals surface area contributed by atoms with Gasteiger partial charge in [-0.1, -0.05) is 65.8 Å². The number of nitrogens with zero attached hydrogens (tertiary/aromatic N) is 4. The monoisotopic (exact) mass is 430 g/mol. The average molecular weight is 430 g/mol. The lowest BCUT2D eigenvalue weighted by Crippen LogP contribution is -2.40. The number of aromatic nitrogens is 4. The first-order chi connectivity index (χ1) is 15.2. The maximum Gasteiger partial charge on any atom is 0.332 e. The van der Waals surface area contributed by atoms with Gasteiger partial charge in [-0.3, -0.25) is 13.9 Å². The number of hydrogen-bond acceptors (Lipinski definition) is 6. The smallest absolute Gasteiger partial charge is 0.332 e. The largest absolute Gasteiger partial charge is 0.337 e. The van der Waals surface area contributed by atoms with Crippen molar-refractivity contribution in [2.24, 2.45) is 0 Å². The SMILES string of the molecule is O=c1c2sccc2n(Cc2nc(-c3ccccc3)no2)c(=O)n1CCc1ccccc1. The van der Waals surface area contributed by atoms with Crippen molar-refractivity contribution in [2.45, 2.75) is 19.5 Å². The Kier molecular flexibility index (Phi) is 5.05. The van der Waals surface area contributed by atoms with Crippen LogP contribution in [0.25, 0.3) is 21.6 Å². The van der Waals surface area contributed by atoms with Crippen LogP contribution in [0.4, 0.5) is 0 Å². The lowest BCUT2D eigenvalue weighted by Gasteiger charge is -2.10. The van der Waals surface area contributed by atoms with Gasteiger partial charge in [-0.2, -0.15) is 4.98 Å². The fourth-order valence-electron chi connectivity index (χ4n) is 3.53. The summed E-state index contributed by atoms with van der Waals surface area (Å²) >= 11 is 1.33. The third kappa shape index (κ3) is 3.73. The molecule has 31 heavy (non-hydrogen) atoms. The molecule has 2 aromatic carbocycles. The Labute approximate surface area is 180 Å². The van der Waals surface area contributed by atoms with Crippen LogP contribution < -0.4 is 11.2 Å². The van der Waals surface area contributed by atoms with Crippen molar-refractivity contribution < 1.29 is 4.52 Å². The molecule has 5 rings (SSSR count). The van der Waals surface area contributed by atoms with Crippen LogP contribution in [0.15, 0.2) is 86.2 Å². The van der Waals surface area contributed by atoms with Crippen molar-refractivity contribution in [1.82, 2.24) is 19.3 Å². The van der Waals surface area contributed by atoms with Gasteiger partial charge in [-0.15, -0.1) is 11.3 Å². The topological polar surface area (TPSA) is 82.9 Å². The Morgan fingerprint density at radius 2 is 1.65 bits per heavy atom. The number of fused-ring (bicyclic) bond motifs is 1. The molecule has 0 aliphatic rings. The lowest BCUT2D eigenvalue weighted by molar-refractivity contribution is 0.369. The van der Waals surface area contributed by atoms with Crippen LogP contribution in [-0.4, -0.2) is 19.3 Å². The number of thiophene rings is 1. The second-order valence-electron chi connectivity index (χ2n) is 7.07. The van der Waals surface area contributed by atoms with Crippen LogP contribution in [-0.2, 0) is 19.5 Å². The zero-order valence-corrected chi connectivity index (χ0v) is 17.3. The van der Waals surface area contributed by atoms with Gasteiger partial charge in [0.15, 0.2) is 0 Å². The molecular formula is C23H18N4O3S. The van der Waals surface area contributed by atoms with Gasteiger partial charge in [0.1, 0.15) is 11.2 Å². The van der Waals surface area contributed by atoms with E-state index in [0.717, 1.165) is 11.1 Å². The molecule has 0 N–H and O–H groups in total. The summed E-state index contributed by atoms with van der Waals surface area (Å²) < 4.78 is 8.76. The zero-order valence-electron chi connectivity index (χ0n) is 16.5. The molecule has 0 unspecified atom stereocenters. The molecule has 0 bridgehead atoms. The minimum Gasteiger partial charge on any atom is -0.337 e. The molecule has 0 radical (unpaired) electrons. The van der Waals surface area contributed by atoms with E-state index in [2.05, 4.69) is 10.1 Å². The molecule has 3 heterocycles. The fourth-order valence-corrected chi connectivity index (χ4v) is 4.37. The average Bonchev–Trinajstić information content (AvgIpc) is 3.48. The van der Waals surface area contributed by atoms with Crippen molar-refractivity contribution in [3.8, 4) is 11.4 Å². The number of benzene rings is 2. The van der Waals surface area contributed by atoms with E-state index in [-0.39, 0.29) is 17.8 Å². The molecule has 0 aliphatic heterocycles. The van der Waals surface area contributed by atoms with Gasteiger partial charge < -0.3 is 4.52 Å². The van der Waals surface area contributed by atoms with E-state index in [9.17, 15) is 9.59 Å². The van der Waals surface area contributed by atoms with Crippen molar-refractivity contribution in [1.29, 1.82) is 0 Å². The van der Waals surface area contributed by atoms with E-state index < -0.39 is 0 Å². The van der Waals surface area contributed by atoms with E-state index in [1.807, 2.05) is 66.0 Å². The summed E-state index contributed by atoms with van der Waals surface area (Å²) in [7, 11) is 0. The third-order valence-corrected chi connectivity index (χ3v) is 5.99. The van der Waals surface area contributed by atoms with Crippen molar-refractivity contribution in [3.63, 3.8) is 0 Å². The van der Waals surface area contributed by atoms with Gasteiger partial charge in [0, 0.05) is 12.1 Å². The summed E-state index contributed by atoms with van der Waals surface area (Å²) in [6.07, 6.45) is 0.589. The summed E-state index contributed by atoms with van der Waals surface area (Å²) in [5, 5.41) is 5.84. The van der Waals surface area contributed by atoms with Crippen LogP contribution in [0.5, 0.6) is 0 Å². The minimum absolute atomic E-state index is 0.0948. The van der Waals surface area contributed by atoms with Gasteiger partial charge in [0.25, 0.3) is 5.56 Å². The van der Waals surface area contributed by atoms with Crippen LogP contribution in [0.3, 0.4) is 0 Å². The normalized spacial score (nSPS) is 11.2. The predicted octanol–water partition coefficient (Wildman–Crippen LogP) is 3.57. The second-order valence-corrected chi connectivity index (χ2v) is 7.99.